The smallest absolute Gasteiger partial charge is 0.246 e. The fraction of sp³-hybridized carbons (Fsp3) is 0.357. The number of rotatable bonds is 3. The second-order valence-corrected chi connectivity index (χ2v) is 7.83. The molecule has 2 heterocycles. The van der Waals surface area contributed by atoms with Gasteiger partial charge < -0.3 is 0 Å². The van der Waals surface area contributed by atoms with Crippen molar-refractivity contribution in [3.8, 4) is 0 Å². The average Bonchev–Trinajstić information content (AvgIpc) is 3.04. The Morgan fingerprint density at radius 2 is 2.09 bits per heavy atom. The Morgan fingerprint density at radius 3 is 2.82 bits per heavy atom. The van der Waals surface area contributed by atoms with Gasteiger partial charge in [-0.1, -0.05) is 12.5 Å². The first-order chi connectivity index (χ1) is 10.5. The molecular weight excluding hydrogens is 330 g/mol. The summed E-state index contributed by atoms with van der Waals surface area (Å²) in [6.45, 7) is 0.280. The Balaban J connectivity index is 2.04. The standard InChI is InChI=1S/C14H14F2N2O2S2/c15-10-4-3-6-12(13(10)16)22(19,20)18-8-2-1-5-11(18)14-17-7-9-21-14/h3-4,6-7,9,11H,1-2,5,8H2. The number of aromatic nitrogens is 1. The van der Waals surface area contributed by atoms with E-state index in [0.29, 0.717) is 17.8 Å². The highest BCUT2D eigenvalue weighted by atomic mass is 32.2. The molecule has 118 valence electrons. The van der Waals surface area contributed by atoms with E-state index in [0.717, 1.165) is 18.6 Å². The Hall–Kier alpha value is -1.38. The minimum Gasteiger partial charge on any atom is -0.248 e. The number of hydrogen-bond donors (Lipinski definition) is 0. The summed E-state index contributed by atoms with van der Waals surface area (Å²) in [5.74, 6) is -2.49. The van der Waals surface area contributed by atoms with Crippen LogP contribution in [-0.2, 0) is 10.0 Å². The molecule has 1 saturated heterocycles. The van der Waals surface area contributed by atoms with Crippen molar-refractivity contribution < 1.29 is 17.2 Å². The van der Waals surface area contributed by atoms with Crippen LogP contribution in [0, 0.1) is 11.6 Å². The van der Waals surface area contributed by atoms with Crippen molar-refractivity contribution in [1.29, 1.82) is 0 Å². The molecule has 0 spiro atoms. The van der Waals surface area contributed by atoms with Crippen molar-refractivity contribution in [3.05, 3.63) is 46.4 Å². The molecule has 1 aromatic heterocycles. The minimum absolute atomic E-state index is 0.280. The van der Waals surface area contributed by atoms with Gasteiger partial charge in [-0.3, -0.25) is 0 Å². The van der Waals surface area contributed by atoms with E-state index in [2.05, 4.69) is 4.98 Å². The van der Waals surface area contributed by atoms with E-state index in [4.69, 9.17) is 0 Å². The zero-order valence-electron chi connectivity index (χ0n) is 11.6. The summed E-state index contributed by atoms with van der Waals surface area (Å²) in [7, 11) is -4.11. The van der Waals surface area contributed by atoms with Gasteiger partial charge in [-0.15, -0.1) is 11.3 Å². The van der Waals surface area contributed by atoms with Gasteiger partial charge in [0.1, 0.15) is 9.90 Å². The molecule has 0 radical (unpaired) electrons. The van der Waals surface area contributed by atoms with Crippen molar-refractivity contribution >= 4 is 21.4 Å². The highest BCUT2D eigenvalue weighted by Gasteiger charge is 2.37. The monoisotopic (exact) mass is 344 g/mol. The van der Waals surface area contributed by atoms with Crippen LogP contribution in [0.25, 0.3) is 0 Å². The van der Waals surface area contributed by atoms with Gasteiger partial charge in [0, 0.05) is 18.1 Å². The van der Waals surface area contributed by atoms with Gasteiger partial charge in [-0.25, -0.2) is 22.2 Å². The van der Waals surface area contributed by atoms with Crippen molar-refractivity contribution in [2.75, 3.05) is 6.54 Å². The highest BCUT2D eigenvalue weighted by molar-refractivity contribution is 7.89. The Labute approximate surface area is 131 Å². The second-order valence-electron chi connectivity index (χ2n) is 5.05. The molecule has 1 fully saturated rings. The fourth-order valence-corrected chi connectivity index (χ4v) is 5.24. The van der Waals surface area contributed by atoms with Gasteiger partial charge in [0.05, 0.1) is 6.04 Å². The summed E-state index contributed by atoms with van der Waals surface area (Å²) >= 11 is 1.37. The summed E-state index contributed by atoms with van der Waals surface area (Å²) in [5, 5.41) is 2.46. The van der Waals surface area contributed by atoms with Gasteiger partial charge in [-0.05, 0) is 25.0 Å². The molecule has 0 bridgehead atoms. The first-order valence-electron chi connectivity index (χ1n) is 6.87. The Kier molecular flexibility index (Phi) is 4.24. The van der Waals surface area contributed by atoms with Crippen molar-refractivity contribution in [3.63, 3.8) is 0 Å². The van der Waals surface area contributed by atoms with E-state index in [1.807, 2.05) is 0 Å². The van der Waals surface area contributed by atoms with Gasteiger partial charge in [0.2, 0.25) is 10.0 Å². The SMILES string of the molecule is O=S(=O)(c1cccc(F)c1F)N1CCCCC1c1nccs1. The van der Waals surface area contributed by atoms with Crippen molar-refractivity contribution in [1.82, 2.24) is 9.29 Å². The maximum absolute atomic E-state index is 13.9. The summed E-state index contributed by atoms with van der Waals surface area (Å²) < 4.78 is 54.1. The summed E-state index contributed by atoms with van der Waals surface area (Å²) in [5.41, 5.74) is 0. The largest absolute Gasteiger partial charge is 0.248 e. The number of benzene rings is 1. The molecule has 1 aromatic carbocycles. The molecule has 8 heteroatoms. The number of hydrogen-bond acceptors (Lipinski definition) is 4. The number of halogens is 2. The molecule has 1 aliphatic rings. The minimum atomic E-state index is -4.11. The molecule has 0 N–H and O–H groups in total. The van der Waals surface area contributed by atoms with Crippen LogP contribution in [0.1, 0.15) is 30.3 Å². The summed E-state index contributed by atoms with van der Waals surface area (Å²) in [6, 6.07) is 2.79. The molecule has 2 aromatic rings. The highest BCUT2D eigenvalue weighted by Crippen LogP contribution is 2.36. The first-order valence-corrected chi connectivity index (χ1v) is 9.19. The van der Waals surface area contributed by atoms with Crippen LogP contribution >= 0.6 is 11.3 Å². The summed E-state index contributed by atoms with van der Waals surface area (Å²) in [6.07, 6.45) is 3.81. The normalized spacial score (nSPS) is 20.2. The van der Waals surface area contributed by atoms with Crippen LogP contribution in [-0.4, -0.2) is 24.3 Å². The van der Waals surface area contributed by atoms with E-state index >= 15 is 0 Å². The van der Waals surface area contributed by atoms with Gasteiger partial charge in [0.15, 0.2) is 11.6 Å². The average molecular weight is 344 g/mol. The van der Waals surface area contributed by atoms with Crippen LogP contribution in [0.3, 0.4) is 0 Å². The van der Waals surface area contributed by atoms with Gasteiger partial charge in [-0.2, -0.15) is 4.31 Å². The lowest BCUT2D eigenvalue weighted by molar-refractivity contribution is 0.254. The molecule has 1 atom stereocenters. The lowest BCUT2D eigenvalue weighted by atomic mass is 10.1. The van der Waals surface area contributed by atoms with Gasteiger partial charge in [0.25, 0.3) is 0 Å². The quantitative estimate of drug-likeness (QED) is 0.858. The van der Waals surface area contributed by atoms with Crippen molar-refractivity contribution in [2.45, 2.75) is 30.2 Å². The van der Waals surface area contributed by atoms with Crippen LogP contribution in [0.2, 0.25) is 0 Å². The van der Waals surface area contributed by atoms with E-state index in [1.54, 1.807) is 11.6 Å². The molecule has 22 heavy (non-hydrogen) atoms. The van der Waals surface area contributed by atoms with E-state index < -0.39 is 32.6 Å². The molecular formula is C14H14F2N2O2S2. The van der Waals surface area contributed by atoms with Crippen LogP contribution < -0.4 is 0 Å². The van der Waals surface area contributed by atoms with Crippen LogP contribution in [0.4, 0.5) is 8.78 Å². The maximum atomic E-state index is 13.9. The number of thiazole rings is 1. The lowest BCUT2D eigenvalue weighted by Gasteiger charge is -2.33. The Bertz CT molecular complexity index is 763. The predicted octanol–water partition coefficient (Wildman–Crippen LogP) is 3.34. The first kappa shape index (κ1) is 15.5. The zero-order chi connectivity index (χ0) is 15.7. The lowest BCUT2D eigenvalue weighted by Crippen LogP contribution is -2.38. The molecule has 0 amide bonds. The third-order valence-corrected chi connectivity index (χ3v) is 6.50. The van der Waals surface area contributed by atoms with Crippen LogP contribution in [0.5, 0.6) is 0 Å². The van der Waals surface area contributed by atoms with Crippen molar-refractivity contribution in [2.24, 2.45) is 0 Å². The predicted molar refractivity (Wildman–Crippen MR) is 79.0 cm³/mol. The van der Waals surface area contributed by atoms with E-state index in [-0.39, 0.29) is 6.54 Å². The molecule has 1 aliphatic heterocycles. The number of sulfonamides is 1. The molecule has 0 saturated carbocycles. The topological polar surface area (TPSA) is 50.3 Å². The molecule has 1 unspecified atom stereocenters. The number of piperidine rings is 1. The number of nitrogens with zero attached hydrogens (tertiary/aromatic N) is 2. The molecule has 0 aliphatic carbocycles. The Morgan fingerprint density at radius 1 is 1.27 bits per heavy atom. The molecule has 3 rings (SSSR count). The fourth-order valence-electron chi connectivity index (χ4n) is 2.65. The maximum Gasteiger partial charge on any atom is 0.246 e. The second kappa shape index (κ2) is 6.02. The van der Waals surface area contributed by atoms with E-state index in [1.165, 1.54) is 21.7 Å². The third-order valence-electron chi connectivity index (χ3n) is 3.69. The third kappa shape index (κ3) is 2.66. The molecule has 4 nitrogen and oxygen atoms in total. The van der Waals surface area contributed by atoms with E-state index in [9.17, 15) is 17.2 Å². The summed E-state index contributed by atoms with van der Waals surface area (Å²) in [4.78, 5) is 3.57. The van der Waals surface area contributed by atoms with Crippen LogP contribution in [0.15, 0.2) is 34.7 Å². The van der Waals surface area contributed by atoms with Gasteiger partial charge >= 0.3 is 0 Å². The zero-order valence-corrected chi connectivity index (χ0v) is 13.2.